The monoisotopic (exact) mass is 448 g/mol. The molecule has 2 N–H and O–H groups in total. The number of benzene rings is 2. The van der Waals surface area contributed by atoms with E-state index in [2.05, 4.69) is 41.2 Å². The van der Waals surface area contributed by atoms with Gasteiger partial charge in [0.2, 0.25) is 11.8 Å². The van der Waals surface area contributed by atoms with Crippen LogP contribution >= 0.6 is 0 Å². The second-order valence-electron chi connectivity index (χ2n) is 8.77. The van der Waals surface area contributed by atoms with Crippen LogP contribution in [0.4, 0.5) is 0 Å². The van der Waals surface area contributed by atoms with Crippen molar-refractivity contribution in [3.63, 3.8) is 0 Å². The summed E-state index contributed by atoms with van der Waals surface area (Å²) < 4.78 is 5.25. The van der Waals surface area contributed by atoms with Crippen molar-refractivity contribution in [2.45, 2.75) is 33.4 Å². The fraction of sp³-hybridized carbons (Fsp3) is 0.385. The number of hydrogen-bond donors (Lipinski definition) is 2. The number of fused-ring (bicyclic) bond motifs is 1. The number of methoxy groups -OCH3 is 1. The van der Waals surface area contributed by atoms with Gasteiger partial charge >= 0.3 is 0 Å². The summed E-state index contributed by atoms with van der Waals surface area (Å²) in [6.07, 6.45) is 0. The van der Waals surface area contributed by atoms with E-state index in [4.69, 9.17) is 4.74 Å². The number of rotatable bonds is 6. The first-order valence-corrected chi connectivity index (χ1v) is 11.3. The number of aryl methyl sites for hydroxylation is 2. The summed E-state index contributed by atoms with van der Waals surface area (Å²) in [6.45, 7) is 8.47. The van der Waals surface area contributed by atoms with Crippen molar-refractivity contribution < 1.29 is 14.3 Å². The fourth-order valence-corrected chi connectivity index (χ4v) is 4.55. The van der Waals surface area contributed by atoms with Gasteiger partial charge in [0.05, 0.1) is 19.7 Å². The van der Waals surface area contributed by atoms with Gasteiger partial charge in [-0.2, -0.15) is 0 Å². The van der Waals surface area contributed by atoms with E-state index in [9.17, 15) is 9.59 Å². The van der Waals surface area contributed by atoms with Gasteiger partial charge in [0, 0.05) is 49.7 Å². The van der Waals surface area contributed by atoms with Crippen molar-refractivity contribution in [1.29, 1.82) is 0 Å². The van der Waals surface area contributed by atoms with Crippen molar-refractivity contribution in [1.82, 2.24) is 20.1 Å². The molecule has 0 bridgehead atoms. The van der Waals surface area contributed by atoms with Crippen LogP contribution in [0.25, 0.3) is 10.9 Å². The Morgan fingerprint density at radius 3 is 2.58 bits per heavy atom. The summed E-state index contributed by atoms with van der Waals surface area (Å²) in [6, 6.07) is 14.0. The van der Waals surface area contributed by atoms with E-state index in [-0.39, 0.29) is 17.9 Å². The van der Waals surface area contributed by atoms with E-state index in [1.807, 2.05) is 35.2 Å². The van der Waals surface area contributed by atoms with E-state index >= 15 is 0 Å². The Labute approximate surface area is 194 Å². The lowest BCUT2D eigenvalue weighted by atomic mass is 10.0. The van der Waals surface area contributed by atoms with Crippen LogP contribution in [0.1, 0.15) is 35.3 Å². The zero-order valence-corrected chi connectivity index (χ0v) is 19.8. The van der Waals surface area contributed by atoms with Gasteiger partial charge in [0.15, 0.2) is 0 Å². The molecule has 0 aliphatic carbocycles. The number of carbonyl (C=O) groups is 2. The highest BCUT2D eigenvalue weighted by Crippen LogP contribution is 2.27. The highest BCUT2D eigenvalue weighted by Gasteiger charge is 2.30. The molecule has 1 aliphatic heterocycles. The number of ether oxygens (including phenoxy) is 1. The molecule has 2 aromatic carbocycles. The standard InChI is InChI=1S/C26H32N4O3/c1-17-18(2)28-24-10-5-20(13-23(17)24)14-27-26(32)16-29-11-12-30(19(3)31)25(15-29)21-6-8-22(33-4)9-7-21/h5-10,13,25,28H,11-12,14-16H2,1-4H3,(H,27,32)/t25-/m1/s1. The van der Waals surface area contributed by atoms with Crippen LogP contribution in [0.15, 0.2) is 42.5 Å². The Bertz CT molecular complexity index is 1150. The minimum Gasteiger partial charge on any atom is -0.497 e. The molecule has 7 heteroatoms. The molecule has 174 valence electrons. The zero-order chi connectivity index (χ0) is 23.5. The van der Waals surface area contributed by atoms with E-state index < -0.39 is 0 Å². The van der Waals surface area contributed by atoms with E-state index in [0.717, 1.165) is 22.4 Å². The molecule has 1 saturated heterocycles. The van der Waals surface area contributed by atoms with E-state index in [0.29, 0.717) is 32.7 Å². The molecule has 4 rings (SSSR count). The van der Waals surface area contributed by atoms with Crippen molar-refractivity contribution in [3.8, 4) is 5.75 Å². The molecule has 0 unspecified atom stereocenters. The lowest BCUT2D eigenvalue weighted by Gasteiger charge is -2.41. The minimum atomic E-state index is -0.0860. The maximum absolute atomic E-state index is 12.7. The van der Waals surface area contributed by atoms with Crippen LogP contribution in [0.3, 0.4) is 0 Å². The minimum absolute atomic E-state index is 0.0122. The van der Waals surface area contributed by atoms with Crippen molar-refractivity contribution in [2.24, 2.45) is 0 Å². The number of H-pyrrole nitrogens is 1. The smallest absolute Gasteiger partial charge is 0.234 e. The Balaban J connectivity index is 1.38. The Morgan fingerprint density at radius 1 is 1.12 bits per heavy atom. The largest absolute Gasteiger partial charge is 0.497 e. The van der Waals surface area contributed by atoms with Gasteiger partial charge in [-0.3, -0.25) is 14.5 Å². The third-order valence-corrected chi connectivity index (χ3v) is 6.60. The average Bonchev–Trinajstić information content (AvgIpc) is 3.10. The van der Waals surface area contributed by atoms with Gasteiger partial charge in [-0.15, -0.1) is 0 Å². The van der Waals surface area contributed by atoms with Crippen LogP contribution in [0, 0.1) is 13.8 Å². The van der Waals surface area contributed by atoms with Gasteiger partial charge < -0.3 is 19.9 Å². The Kier molecular flexibility index (Phi) is 6.70. The third-order valence-electron chi connectivity index (χ3n) is 6.60. The molecule has 0 spiro atoms. The van der Waals surface area contributed by atoms with Crippen LogP contribution in [0.5, 0.6) is 5.75 Å². The molecule has 7 nitrogen and oxygen atoms in total. The van der Waals surface area contributed by atoms with Crippen molar-refractivity contribution in [2.75, 3.05) is 33.3 Å². The lowest BCUT2D eigenvalue weighted by molar-refractivity contribution is -0.134. The molecular formula is C26H32N4O3. The summed E-state index contributed by atoms with van der Waals surface area (Å²) in [7, 11) is 1.64. The Morgan fingerprint density at radius 2 is 1.88 bits per heavy atom. The van der Waals surface area contributed by atoms with Gasteiger partial charge in [-0.05, 0) is 54.8 Å². The number of piperazine rings is 1. The summed E-state index contributed by atoms with van der Waals surface area (Å²) in [5, 5.41) is 4.25. The molecule has 1 aliphatic rings. The quantitative estimate of drug-likeness (QED) is 0.607. The molecule has 0 saturated carbocycles. The van der Waals surface area contributed by atoms with Crippen LogP contribution in [-0.4, -0.2) is 59.9 Å². The van der Waals surface area contributed by atoms with Gasteiger partial charge in [-0.1, -0.05) is 18.2 Å². The number of amides is 2. The van der Waals surface area contributed by atoms with Crippen LogP contribution < -0.4 is 10.1 Å². The number of hydrogen-bond acceptors (Lipinski definition) is 4. The molecule has 1 aromatic heterocycles. The van der Waals surface area contributed by atoms with Gasteiger partial charge in [0.1, 0.15) is 5.75 Å². The molecule has 3 aromatic rings. The normalized spacial score (nSPS) is 16.7. The number of carbonyl (C=O) groups excluding carboxylic acids is 2. The summed E-state index contributed by atoms with van der Waals surface area (Å²) >= 11 is 0. The highest BCUT2D eigenvalue weighted by atomic mass is 16.5. The van der Waals surface area contributed by atoms with E-state index in [1.54, 1.807) is 14.0 Å². The summed E-state index contributed by atoms with van der Waals surface area (Å²) in [4.78, 5) is 32.3. The second-order valence-corrected chi connectivity index (χ2v) is 8.77. The molecule has 0 radical (unpaired) electrons. The highest BCUT2D eigenvalue weighted by molar-refractivity contribution is 5.85. The number of aromatic amines is 1. The summed E-state index contributed by atoms with van der Waals surface area (Å²) in [5.41, 5.74) is 5.65. The molecular weight excluding hydrogens is 416 g/mol. The predicted octanol–water partition coefficient (Wildman–Crippen LogP) is 3.31. The molecule has 2 heterocycles. The molecule has 2 amide bonds. The average molecular weight is 449 g/mol. The van der Waals surface area contributed by atoms with Gasteiger partial charge in [-0.25, -0.2) is 0 Å². The first kappa shape index (κ1) is 22.9. The zero-order valence-electron chi connectivity index (χ0n) is 19.8. The second kappa shape index (κ2) is 9.67. The SMILES string of the molecule is COc1ccc([C@H]2CN(CC(=O)NCc3ccc4[nH]c(C)c(C)c4c3)CCN2C(C)=O)cc1. The Hall–Kier alpha value is -3.32. The van der Waals surface area contributed by atoms with Crippen LogP contribution in [-0.2, 0) is 16.1 Å². The van der Waals surface area contributed by atoms with E-state index in [1.165, 1.54) is 16.6 Å². The first-order chi connectivity index (χ1) is 15.9. The lowest BCUT2D eigenvalue weighted by Crippen LogP contribution is -2.52. The first-order valence-electron chi connectivity index (χ1n) is 11.3. The maximum atomic E-state index is 12.7. The van der Waals surface area contributed by atoms with Crippen molar-refractivity contribution in [3.05, 3.63) is 64.8 Å². The molecule has 1 fully saturated rings. The third kappa shape index (κ3) is 5.03. The van der Waals surface area contributed by atoms with Crippen molar-refractivity contribution >= 4 is 22.7 Å². The summed E-state index contributed by atoms with van der Waals surface area (Å²) in [5.74, 6) is 0.816. The molecule has 33 heavy (non-hydrogen) atoms. The van der Waals surface area contributed by atoms with Crippen LogP contribution in [0.2, 0.25) is 0 Å². The molecule has 1 atom stereocenters. The van der Waals surface area contributed by atoms with Gasteiger partial charge in [0.25, 0.3) is 0 Å². The topological polar surface area (TPSA) is 77.7 Å². The predicted molar refractivity (Wildman–Crippen MR) is 129 cm³/mol. The maximum Gasteiger partial charge on any atom is 0.234 e. The number of aromatic nitrogens is 1. The number of nitrogens with zero attached hydrogens (tertiary/aromatic N) is 2. The number of nitrogens with one attached hydrogen (secondary N) is 2. The fourth-order valence-electron chi connectivity index (χ4n) is 4.55.